The number of nitro benzene ring substituents is 1. The molecule has 0 saturated carbocycles. The number of nitrogens with one attached hydrogen (secondary N) is 1. The summed E-state index contributed by atoms with van der Waals surface area (Å²) in [4.78, 5) is 31.4. The highest BCUT2D eigenvalue weighted by Gasteiger charge is 2.21. The summed E-state index contributed by atoms with van der Waals surface area (Å²) in [6.45, 7) is 0. The third-order valence-electron chi connectivity index (χ3n) is 3.83. The molecule has 0 fully saturated rings. The molecular formula is C16H11N7O3. The van der Waals surface area contributed by atoms with Gasteiger partial charge in [0.2, 0.25) is 0 Å². The van der Waals surface area contributed by atoms with E-state index in [0.29, 0.717) is 22.4 Å². The molecule has 4 aromatic rings. The highest BCUT2D eigenvalue weighted by Crippen LogP contribution is 2.23. The molecule has 2 aromatic carbocycles. The van der Waals surface area contributed by atoms with E-state index >= 15 is 0 Å². The number of rotatable bonds is 3. The Morgan fingerprint density at radius 2 is 1.73 bits per heavy atom. The minimum Gasteiger partial charge on any atom is -0.289 e. The fourth-order valence-corrected chi connectivity index (χ4v) is 2.61. The zero-order chi connectivity index (χ0) is 18.3. The van der Waals surface area contributed by atoms with Crippen molar-refractivity contribution in [2.75, 3.05) is 0 Å². The van der Waals surface area contributed by atoms with Gasteiger partial charge in [-0.1, -0.05) is 12.1 Å². The van der Waals surface area contributed by atoms with E-state index in [4.69, 9.17) is 5.84 Å². The summed E-state index contributed by atoms with van der Waals surface area (Å²) in [7, 11) is 0. The number of hydrazine groups is 1. The molecule has 10 nitrogen and oxygen atoms in total. The first-order chi connectivity index (χ1) is 12.6. The second-order valence-corrected chi connectivity index (χ2v) is 5.39. The number of para-hydroxylation sites is 2. The SMILES string of the molecule is NNC(=O)c1nn(-c2ccc([N+](=O)[O-])cc2)c2nc3ccccc3nc12. The first-order valence-electron chi connectivity index (χ1n) is 7.50. The number of carbonyl (C=O) groups excluding carboxylic acids is 1. The third-order valence-corrected chi connectivity index (χ3v) is 3.83. The molecule has 128 valence electrons. The van der Waals surface area contributed by atoms with Crippen LogP contribution in [0.4, 0.5) is 5.69 Å². The van der Waals surface area contributed by atoms with Gasteiger partial charge in [0.1, 0.15) is 5.52 Å². The Hall–Kier alpha value is -3.92. The van der Waals surface area contributed by atoms with E-state index in [1.165, 1.54) is 28.9 Å². The van der Waals surface area contributed by atoms with Crippen LogP contribution in [0.1, 0.15) is 10.5 Å². The highest BCUT2D eigenvalue weighted by atomic mass is 16.6. The highest BCUT2D eigenvalue weighted by molar-refractivity contribution is 6.04. The van der Waals surface area contributed by atoms with Crippen molar-refractivity contribution >= 4 is 33.8 Å². The van der Waals surface area contributed by atoms with E-state index in [1.54, 1.807) is 12.1 Å². The van der Waals surface area contributed by atoms with Crippen molar-refractivity contribution in [3.63, 3.8) is 0 Å². The molecular weight excluding hydrogens is 338 g/mol. The van der Waals surface area contributed by atoms with Crippen LogP contribution in [0.3, 0.4) is 0 Å². The molecule has 0 aliphatic heterocycles. The summed E-state index contributed by atoms with van der Waals surface area (Å²) in [6.07, 6.45) is 0. The summed E-state index contributed by atoms with van der Waals surface area (Å²) < 4.78 is 1.41. The molecule has 2 aromatic heterocycles. The average molecular weight is 349 g/mol. The van der Waals surface area contributed by atoms with Gasteiger partial charge in [-0.15, -0.1) is 0 Å². The summed E-state index contributed by atoms with van der Waals surface area (Å²) in [5.41, 5.74) is 4.36. The maximum atomic E-state index is 12.1. The first-order valence-corrected chi connectivity index (χ1v) is 7.50. The smallest absolute Gasteiger partial charge is 0.288 e. The molecule has 26 heavy (non-hydrogen) atoms. The number of hydrogen-bond acceptors (Lipinski definition) is 7. The zero-order valence-corrected chi connectivity index (χ0v) is 13.2. The number of nitrogens with zero attached hydrogens (tertiary/aromatic N) is 5. The maximum Gasteiger partial charge on any atom is 0.288 e. The lowest BCUT2D eigenvalue weighted by Crippen LogP contribution is -2.30. The van der Waals surface area contributed by atoms with Crippen molar-refractivity contribution in [3.8, 4) is 5.69 Å². The van der Waals surface area contributed by atoms with Crippen molar-refractivity contribution in [2.24, 2.45) is 5.84 Å². The fraction of sp³-hybridized carbons (Fsp3) is 0. The van der Waals surface area contributed by atoms with Gasteiger partial charge in [-0.2, -0.15) is 5.10 Å². The number of fused-ring (bicyclic) bond motifs is 2. The molecule has 0 bridgehead atoms. The number of carbonyl (C=O) groups is 1. The van der Waals surface area contributed by atoms with Crippen LogP contribution in [-0.4, -0.2) is 30.6 Å². The van der Waals surface area contributed by atoms with Crippen LogP contribution in [0.25, 0.3) is 27.9 Å². The Morgan fingerprint density at radius 3 is 2.35 bits per heavy atom. The summed E-state index contributed by atoms with van der Waals surface area (Å²) >= 11 is 0. The van der Waals surface area contributed by atoms with Crippen molar-refractivity contribution in [3.05, 3.63) is 64.3 Å². The molecule has 0 unspecified atom stereocenters. The van der Waals surface area contributed by atoms with Crippen LogP contribution in [-0.2, 0) is 0 Å². The van der Waals surface area contributed by atoms with Gasteiger partial charge in [0.15, 0.2) is 11.3 Å². The standard InChI is InChI=1S/C16H11N7O3/c17-20-16(24)14-13-15(19-12-4-2-1-3-11(12)18-13)22(21-14)9-5-7-10(8-6-9)23(25)26/h1-8H,17H2,(H,20,24). The van der Waals surface area contributed by atoms with Crippen molar-refractivity contribution < 1.29 is 9.72 Å². The fourth-order valence-electron chi connectivity index (χ4n) is 2.61. The number of nitrogen functional groups attached to an aromatic ring is 1. The first kappa shape index (κ1) is 15.6. The molecule has 0 atom stereocenters. The number of nitrogens with two attached hydrogens (primary N) is 1. The Kier molecular flexibility index (Phi) is 3.52. The minimum atomic E-state index is -0.611. The van der Waals surface area contributed by atoms with Crippen molar-refractivity contribution in [1.29, 1.82) is 0 Å². The van der Waals surface area contributed by atoms with Gasteiger partial charge < -0.3 is 0 Å². The van der Waals surface area contributed by atoms with Gasteiger partial charge in [0.25, 0.3) is 11.6 Å². The third kappa shape index (κ3) is 2.41. The summed E-state index contributed by atoms with van der Waals surface area (Å²) in [5, 5.41) is 15.1. The molecule has 0 aliphatic carbocycles. The van der Waals surface area contributed by atoms with Gasteiger partial charge >= 0.3 is 0 Å². The normalized spacial score (nSPS) is 11.0. The molecule has 2 heterocycles. The Morgan fingerprint density at radius 1 is 1.08 bits per heavy atom. The molecule has 0 radical (unpaired) electrons. The van der Waals surface area contributed by atoms with E-state index in [-0.39, 0.29) is 16.9 Å². The molecule has 10 heteroatoms. The van der Waals surface area contributed by atoms with Gasteiger partial charge in [0.05, 0.1) is 21.6 Å². The van der Waals surface area contributed by atoms with Crippen LogP contribution >= 0.6 is 0 Å². The molecule has 0 saturated heterocycles. The lowest BCUT2D eigenvalue weighted by Gasteiger charge is -2.03. The minimum absolute atomic E-state index is 0.0131. The van der Waals surface area contributed by atoms with E-state index in [0.717, 1.165) is 0 Å². The average Bonchev–Trinajstić information content (AvgIpc) is 3.04. The topological polar surface area (TPSA) is 142 Å². The van der Waals surface area contributed by atoms with E-state index < -0.39 is 10.8 Å². The van der Waals surface area contributed by atoms with Gasteiger partial charge in [-0.3, -0.25) is 20.3 Å². The quantitative estimate of drug-likeness (QED) is 0.247. The lowest BCUT2D eigenvalue weighted by molar-refractivity contribution is -0.384. The van der Waals surface area contributed by atoms with Gasteiger partial charge in [-0.05, 0) is 24.3 Å². The second-order valence-electron chi connectivity index (χ2n) is 5.39. The number of amides is 1. The number of aromatic nitrogens is 4. The van der Waals surface area contributed by atoms with Crippen LogP contribution in [0.2, 0.25) is 0 Å². The summed E-state index contributed by atoms with van der Waals surface area (Å²) in [6, 6.07) is 12.9. The molecule has 0 aliphatic rings. The van der Waals surface area contributed by atoms with E-state index in [1.807, 2.05) is 17.6 Å². The number of nitro groups is 1. The predicted molar refractivity (Wildman–Crippen MR) is 92.5 cm³/mol. The summed E-state index contributed by atoms with van der Waals surface area (Å²) in [5.74, 6) is 4.63. The molecule has 4 rings (SSSR count). The van der Waals surface area contributed by atoms with E-state index in [2.05, 4.69) is 15.1 Å². The Labute approximate surface area is 145 Å². The van der Waals surface area contributed by atoms with Gasteiger partial charge in [0, 0.05) is 12.1 Å². The largest absolute Gasteiger partial charge is 0.289 e. The maximum absolute atomic E-state index is 12.1. The Bertz CT molecular complexity index is 1170. The lowest BCUT2D eigenvalue weighted by atomic mass is 10.2. The molecule has 0 spiro atoms. The Balaban J connectivity index is 2.00. The number of non-ortho nitro benzene ring substituents is 1. The van der Waals surface area contributed by atoms with E-state index in [9.17, 15) is 14.9 Å². The van der Waals surface area contributed by atoms with Crippen LogP contribution < -0.4 is 11.3 Å². The monoisotopic (exact) mass is 349 g/mol. The van der Waals surface area contributed by atoms with Crippen molar-refractivity contribution in [1.82, 2.24) is 25.2 Å². The molecule has 3 N–H and O–H groups in total. The molecule has 1 amide bonds. The van der Waals surface area contributed by atoms with Gasteiger partial charge in [-0.25, -0.2) is 20.5 Å². The predicted octanol–water partition coefficient (Wildman–Crippen LogP) is 1.48. The zero-order valence-electron chi connectivity index (χ0n) is 13.2. The number of benzene rings is 2. The second kappa shape index (κ2) is 5.86. The van der Waals surface area contributed by atoms with Crippen LogP contribution in [0.15, 0.2) is 48.5 Å². The van der Waals surface area contributed by atoms with Crippen LogP contribution in [0, 0.1) is 10.1 Å². The van der Waals surface area contributed by atoms with Crippen molar-refractivity contribution in [2.45, 2.75) is 0 Å². The number of hydrogen-bond donors (Lipinski definition) is 2. The van der Waals surface area contributed by atoms with Crippen LogP contribution in [0.5, 0.6) is 0 Å².